The Bertz CT molecular complexity index is 1150. The number of nitrogens with zero attached hydrogens (tertiary/aromatic N) is 2. The van der Waals surface area contributed by atoms with Crippen LogP contribution in [0.3, 0.4) is 0 Å². The van der Waals surface area contributed by atoms with Crippen LogP contribution in [-0.2, 0) is 16.4 Å². The Labute approximate surface area is 168 Å². The zero-order chi connectivity index (χ0) is 20.4. The SMILES string of the molecule is O=C(Nc1ccc2c(c1)N(S(=O)(=O)c1ccc(F)cc1)CCC2)c1cccnc1. The van der Waals surface area contributed by atoms with Gasteiger partial charge in [0.05, 0.1) is 16.1 Å². The summed E-state index contributed by atoms with van der Waals surface area (Å²) in [7, 11) is -3.85. The molecule has 0 saturated carbocycles. The molecule has 1 aliphatic heterocycles. The Morgan fingerprint density at radius 2 is 1.90 bits per heavy atom. The number of nitrogens with one attached hydrogen (secondary N) is 1. The van der Waals surface area contributed by atoms with Gasteiger partial charge in [0.15, 0.2) is 0 Å². The number of sulfonamides is 1. The maximum Gasteiger partial charge on any atom is 0.264 e. The quantitative estimate of drug-likeness (QED) is 0.711. The van der Waals surface area contributed by atoms with Crippen molar-refractivity contribution >= 4 is 27.3 Å². The van der Waals surface area contributed by atoms with Crippen LogP contribution in [0.25, 0.3) is 0 Å². The standard InChI is InChI=1S/C21H18FN3O3S/c22-17-6-9-19(10-7-17)29(27,28)25-12-2-4-15-5-8-18(13-20(15)25)24-21(26)16-3-1-11-23-14-16/h1,3,5-11,13-14H,2,4,12H2,(H,24,26). The van der Waals surface area contributed by atoms with Gasteiger partial charge in [-0.05, 0) is 66.9 Å². The number of benzene rings is 2. The maximum absolute atomic E-state index is 13.2. The van der Waals surface area contributed by atoms with Crippen LogP contribution in [0, 0.1) is 5.82 Å². The lowest BCUT2D eigenvalue weighted by Gasteiger charge is -2.31. The Hall–Kier alpha value is -3.26. The monoisotopic (exact) mass is 411 g/mol. The highest BCUT2D eigenvalue weighted by atomic mass is 32.2. The molecule has 0 radical (unpaired) electrons. The molecule has 1 aromatic heterocycles. The molecule has 0 spiro atoms. The number of hydrogen-bond donors (Lipinski definition) is 1. The van der Waals surface area contributed by atoms with Crippen molar-refractivity contribution in [1.82, 2.24) is 4.98 Å². The summed E-state index contributed by atoms with van der Waals surface area (Å²) in [6, 6.07) is 13.3. The molecule has 1 amide bonds. The number of aryl methyl sites for hydroxylation is 1. The topological polar surface area (TPSA) is 79.4 Å². The molecule has 3 aromatic rings. The number of halogens is 1. The van der Waals surface area contributed by atoms with Crippen LogP contribution in [0.4, 0.5) is 15.8 Å². The molecular weight excluding hydrogens is 393 g/mol. The number of aromatic nitrogens is 1. The van der Waals surface area contributed by atoms with Gasteiger partial charge in [0.25, 0.3) is 15.9 Å². The zero-order valence-corrected chi connectivity index (χ0v) is 16.2. The molecular formula is C21H18FN3O3S. The average molecular weight is 411 g/mol. The van der Waals surface area contributed by atoms with E-state index in [1.54, 1.807) is 30.5 Å². The Balaban J connectivity index is 1.67. The number of carbonyl (C=O) groups excluding carboxylic acids is 1. The lowest BCUT2D eigenvalue weighted by molar-refractivity contribution is 0.102. The molecule has 4 rings (SSSR count). The first-order chi connectivity index (χ1) is 13.9. The van der Waals surface area contributed by atoms with Crippen molar-refractivity contribution in [3.8, 4) is 0 Å². The molecule has 0 aliphatic carbocycles. The van der Waals surface area contributed by atoms with Gasteiger partial charge >= 0.3 is 0 Å². The third-order valence-electron chi connectivity index (χ3n) is 4.74. The highest BCUT2D eigenvalue weighted by molar-refractivity contribution is 7.92. The Morgan fingerprint density at radius 3 is 2.62 bits per heavy atom. The second kappa shape index (κ2) is 7.63. The highest BCUT2D eigenvalue weighted by Crippen LogP contribution is 2.34. The third-order valence-corrected chi connectivity index (χ3v) is 6.57. The van der Waals surface area contributed by atoms with E-state index >= 15 is 0 Å². The van der Waals surface area contributed by atoms with E-state index in [9.17, 15) is 17.6 Å². The second-order valence-corrected chi connectivity index (χ2v) is 8.54. The van der Waals surface area contributed by atoms with Crippen LogP contribution < -0.4 is 9.62 Å². The molecule has 29 heavy (non-hydrogen) atoms. The summed E-state index contributed by atoms with van der Waals surface area (Å²) in [5.41, 5.74) is 2.28. The van der Waals surface area contributed by atoms with E-state index < -0.39 is 15.8 Å². The van der Waals surface area contributed by atoms with Crippen LogP contribution >= 0.6 is 0 Å². The van der Waals surface area contributed by atoms with Crippen molar-refractivity contribution in [2.45, 2.75) is 17.7 Å². The fraction of sp³-hybridized carbons (Fsp3) is 0.143. The van der Waals surface area contributed by atoms with Crippen LogP contribution in [0.15, 0.2) is 71.9 Å². The molecule has 8 heteroatoms. The van der Waals surface area contributed by atoms with Gasteiger partial charge in [0.2, 0.25) is 0 Å². The van der Waals surface area contributed by atoms with Crippen molar-refractivity contribution in [2.75, 3.05) is 16.2 Å². The molecule has 0 bridgehead atoms. The normalized spacial score (nSPS) is 13.6. The van der Waals surface area contributed by atoms with Gasteiger partial charge in [-0.25, -0.2) is 12.8 Å². The van der Waals surface area contributed by atoms with E-state index in [4.69, 9.17) is 0 Å². The average Bonchev–Trinajstić information content (AvgIpc) is 2.74. The highest BCUT2D eigenvalue weighted by Gasteiger charge is 2.29. The number of pyridine rings is 1. The summed E-state index contributed by atoms with van der Waals surface area (Å²) in [5, 5.41) is 2.78. The summed E-state index contributed by atoms with van der Waals surface area (Å²) >= 11 is 0. The van der Waals surface area contributed by atoms with Crippen LogP contribution in [-0.4, -0.2) is 25.9 Å². The first-order valence-corrected chi connectivity index (χ1v) is 10.5. The number of rotatable bonds is 4. The first-order valence-electron chi connectivity index (χ1n) is 9.08. The smallest absolute Gasteiger partial charge is 0.264 e. The Morgan fingerprint density at radius 1 is 1.10 bits per heavy atom. The molecule has 0 atom stereocenters. The van der Waals surface area contributed by atoms with Crippen molar-refractivity contribution in [2.24, 2.45) is 0 Å². The molecule has 148 valence electrons. The summed E-state index contributed by atoms with van der Waals surface area (Å²) in [4.78, 5) is 16.3. The first kappa shape index (κ1) is 19.1. The van der Waals surface area contributed by atoms with Crippen LogP contribution in [0.2, 0.25) is 0 Å². The molecule has 6 nitrogen and oxygen atoms in total. The lowest BCUT2D eigenvalue weighted by Crippen LogP contribution is -2.35. The predicted octanol–water partition coefficient (Wildman–Crippen LogP) is 3.61. The summed E-state index contributed by atoms with van der Waals surface area (Å²) < 4.78 is 40.8. The van der Waals surface area contributed by atoms with E-state index in [1.807, 2.05) is 6.07 Å². The minimum atomic E-state index is -3.85. The van der Waals surface area contributed by atoms with Gasteiger partial charge in [-0.1, -0.05) is 6.07 Å². The Kier molecular flexibility index (Phi) is 5.02. The van der Waals surface area contributed by atoms with Crippen LogP contribution in [0.5, 0.6) is 0 Å². The minimum absolute atomic E-state index is 0.0246. The van der Waals surface area contributed by atoms with Gasteiger partial charge in [-0.15, -0.1) is 0 Å². The van der Waals surface area contributed by atoms with E-state index in [-0.39, 0.29) is 10.8 Å². The van der Waals surface area contributed by atoms with Crippen molar-refractivity contribution in [1.29, 1.82) is 0 Å². The minimum Gasteiger partial charge on any atom is -0.322 e. The summed E-state index contributed by atoms with van der Waals surface area (Å²) in [6.07, 6.45) is 4.45. The van der Waals surface area contributed by atoms with Gasteiger partial charge in [0.1, 0.15) is 5.82 Å². The van der Waals surface area contributed by atoms with E-state index in [2.05, 4.69) is 10.3 Å². The summed E-state index contributed by atoms with van der Waals surface area (Å²) in [6.45, 7) is 0.312. The van der Waals surface area contributed by atoms with Crippen molar-refractivity contribution in [3.05, 3.63) is 83.9 Å². The van der Waals surface area contributed by atoms with Gasteiger partial charge in [-0.3, -0.25) is 14.1 Å². The molecule has 0 saturated heterocycles. The van der Waals surface area contributed by atoms with Crippen molar-refractivity contribution in [3.63, 3.8) is 0 Å². The van der Waals surface area contributed by atoms with E-state index in [0.717, 1.165) is 24.1 Å². The van der Waals surface area contributed by atoms with Gasteiger partial charge in [0, 0.05) is 24.6 Å². The second-order valence-electron chi connectivity index (χ2n) is 6.67. The fourth-order valence-electron chi connectivity index (χ4n) is 3.30. The molecule has 1 aliphatic rings. The predicted molar refractivity (Wildman–Crippen MR) is 108 cm³/mol. The third kappa shape index (κ3) is 3.84. The van der Waals surface area contributed by atoms with Gasteiger partial charge < -0.3 is 5.32 Å². The number of hydrogen-bond acceptors (Lipinski definition) is 4. The van der Waals surface area contributed by atoms with Gasteiger partial charge in [-0.2, -0.15) is 0 Å². The molecule has 0 unspecified atom stereocenters. The number of carbonyl (C=O) groups is 1. The molecule has 0 fully saturated rings. The van der Waals surface area contributed by atoms with Crippen molar-refractivity contribution < 1.29 is 17.6 Å². The summed E-state index contributed by atoms with van der Waals surface area (Å²) in [5.74, 6) is -0.829. The number of fused-ring (bicyclic) bond motifs is 1. The molecule has 2 heterocycles. The zero-order valence-electron chi connectivity index (χ0n) is 15.4. The number of anilines is 2. The maximum atomic E-state index is 13.2. The molecule has 1 N–H and O–H groups in total. The largest absolute Gasteiger partial charge is 0.322 e. The lowest BCUT2D eigenvalue weighted by atomic mass is 10.0. The van der Waals surface area contributed by atoms with E-state index in [1.165, 1.54) is 22.6 Å². The molecule has 2 aromatic carbocycles. The number of amides is 1. The fourth-order valence-corrected chi connectivity index (χ4v) is 4.84. The van der Waals surface area contributed by atoms with E-state index in [0.29, 0.717) is 29.9 Å². The van der Waals surface area contributed by atoms with Crippen LogP contribution in [0.1, 0.15) is 22.3 Å².